The van der Waals surface area contributed by atoms with E-state index in [1.54, 1.807) is 6.20 Å². The van der Waals surface area contributed by atoms with E-state index in [0.29, 0.717) is 16.9 Å². The quantitative estimate of drug-likeness (QED) is 0.780. The van der Waals surface area contributed by atoms with E-state index in [0.717, 1.165) is 26.1 Å². The maximum Gasteiger partial charge on any atom is 0.245 e. The molecule has 0 aromatic carbocycles. The third-order valence-corrected chi connectivity index (χ3v) is 3.01. The van der Waals surface area contributed by atoms with Crippen molar-refractivity contribution in [3.63, 3.8) is 0 Å². The number of rotatable bonds is 2. The van der Waals surface area contributed by atoms with E-state index < -0.39 is 0 Å². The maximum absolute atomic E-state index is 5.89. The predicted molar refractivity (Wildman–Crippen MR) is 66.8 cm³/mol. The molecule has 94 valence electrons. The highest BCUT2D eigenvalue weighted by atomic mass is 35.5. The molecule has 18 heavy (non-hydrogen) atoms. The SMILES string of the molecule is Clc1nc(OC2CCOCC2)c2ncccc2n1. The van der Waals surface area contributed by atoms with E-state index in [1.807, 2.05) is 12.1 Å². The van der Waals surface area contributed by atoms with Crippen LogP contribution in [0.25, 0.3) is 11.0 Å². The summed E-state index contributed by atoms with van der Waals surface area (Å²) in [6.45, 7) is 1.43. The highest BCUT2D eigenvalue weighted by Crippen LogP contribution is 2.24. The van der Waals surface area contributed by atoms with Gasteiger partial charge in [-0.05, 0) is 23.7 Å². The van der Waals surface area contributed by atoms with Gasteiger partial charge in [-0.15, -0.1) is 0 Å². The minimum absolute atomic E-state index is 0.106. The average molecular weight is 266 g/mol. The van der Waals surface area contributed by atoms with Crippen LogP contribution in [-0.2, 0) is 4.74 Å². The smallest absolute Gasteiger partial charge is 0.245 e. The Balaban J connectivity index is 1.94. The fourth-order valence-corrected chi connectivity index (χ4v) is 2.11. The van der Waals surface area contributed by atoms with E-state index in [4.69, 9.17) is 21.1 Å². The van der Waals surface area contributed by atoms with Gasteiger partial charge < -0.3 is 9.47 Å². The zero-order chi connectivity index (χ0) is 12.4. The van der Waals surface area contributed by atoms with Crippen molar-refractivity contribution in [2.45, 2.75) is 18.9 Å². The minimum Gasteiger partial charge on any atom is -0.473 e. The molecule has 3 rings (SSSR count). The number of pyridine rings is 1. The molecule has 6 heteroatoms. The van der Waals surface area contributed by atoms with Crippen LogP contribution < -0.4 is 4.74 Å². The van der Waals surface area contributed by atoms with Gasteiger partial charge in [-0.1, -0.05) is 0 Å². The number of hydrogen-bond donors (Lipinski definition) is 0. The number of hydrogen-bond acceptors (Lipinski definition) is 5. The molecular formula is C12H12ClN3O2. The molecule has 0 atom stereocenters. The Bertz CT molecular complexity index is 558. The fourth-order valence-electron chi connectivity index (χ4n) is 1.95. The van der Waals surface area contributed by atoms with Gasteiger partial charge >= 0.3 is 0 Å². The standard InChI is InChI=1S/C12H12ClN3O2/c13-12-15-9-2-1-5-14-10(9)11(16-12)18-8-3-6-17-7-4-8/h1-2,5,8H,3-4,6-7H2. The van der Waals surface area contributed by atoms with Gasteiger partial charge in [-0.25, -0.2) is 9.97 Å². The molecule has 1 aliphatic heterocycles. The van der Waals surface area contributed by atoms with Crippen LogP contribution in [0.1, 0.15) is 12.8 Å². The lowest BCUT2D eigenvalue weighted by Crippen LogP contribution is -2.26. The van der Waals surface area contributed by atoms with Gasteiger partial charge in [0, 0.05) is 19.0 Å². The molecule has 0 amide bonds. The van der Waals surface area contributed by atoms with Crippen LogP contribution in [0.4, 0.5) is 0 Å². The second kappa shape index (κ2) is 5.04. The molecule has 0 N–H and O–H groups in total. The summed E-state index contributed by atoms with van der Waals surface area (Å²) >= 11 is 5.89. The van der Waals surface area contributed by atoms with Crippen LogP contribution in [0.3, 0.4) is 0 Å². The molecule has 5 nitrogen and oxygen atoms in total. The lowest BCUT2D eigenvalue weighted by molar-refractivity contribution is 0.0243. The molecule has 0 aliphatic carbocycles. The molecule has 3 heterocycles. The van der Waals surface area contributed by atoms with E-state index in [-0.39, 0.29) is 11.4 Å². The molecule has 1 aliphatic rings. The molecule has 0 bridgehead atoms. The lowest BCUT2D eigenvalue weighted by Gasteiger charge is -2.22. The number of halogens is 1. The van der Waals surface area contributed by atoms with Crippen LogP contribution in [0.2, 0.25) is 5.28 Å². The normalized spacial score (nSPS) is 16.9. The van der Waals surface area contributed by atoms with Crippen LogP contribution in [-0.4, -0.2) is 34.3 Å². The maximum atomic E-state index is 5.89. The molecule has 0 spiro atoms. The first-order valence-electron chi connectivity index (χ1n) is 5.85. The van der Waals surface area contributed by atoms with Gasteiger partial charge in [0.05, 0.1) is 18.7 Å². The monoisotopic (exact) mass is 265 g/mol. The third-order valence-electron chi connectivity index (χ3n) is 2.84. The summed E-state index contributed by atoms with van der Waals surface area (Å²) in [4.78, 5) is 12.5. The Labute approximate surface area is 109 Å². The van der Waals surface area contributed by atoms with Crippen molar-refractivity contribution in [1.29, 1.82) is 0 Å². The van der Waals surface area contributed by atoms with Crippen molar-refractivity contribution in [1.82, 2.24) is 15.0 Å². The summed E-state index contributed by atoms with van der Waals surface area (Å²) < 4.78 is 11.2. The molecule has 1 saturated heterocycles. The summed E-state index contributed by atoms with van der Waals surface area (Å²) in [5, 5.41) is 0.178. The zero-order valence-corrected chi connectivity index (χ0v) is 10.4. The van der Waals surface area contributed by atoms with Crippen LogP contribution in [0, 0.1) is 0 Å². The Morgan fingerprint density at radius 2 is 2.11 bits per heavy atom. The summed E-state index contributed by atoms with van der Waals surface area (Å²) in [6.07, 6.45) is 3.51. The van der Waals surface area contributed by atoms with Crippen LogP contribution in [0.5, 0.6) is 5.88 Å². The highest BCUT2D eigenvalue weighted by Gasteiger charge is 2.18. The summed E-state index contributed by atoms with van der Waals surface area (Å²) in [7, 11) is 0. The Hall–Kier alpha value is -1.46. The minimum atomic E-state index is 0.106. The predicted octanol–water partition coefficient (Wildman–Crippen LogP) is 2.24. The third kappa shape index (κ3) is 2.37. The Kier molecular flexibility index (Phi) is 3.25. The zero-order valence-electron chi connectivity index (χ0n) is 9.67. The van der Waals surface area contributed by atoms with Crippen molar-refractivity contribution in [2.24, 2.45) is 0 Å². The van der Waals surface area contributed by atoms with E-state index in [2.05, 4.69) is 15.0 Å². The molecule has 2 aromatic rings. The largest absolute Gasteiger partial charge is 0.473 e. The van der Waals surface area contributed by atoms with Crippen LogP contribution >= 0.6 is 11.6 Å². The van der Waals surface area contributed by atoms with Crippen molar-refractivity contribution >= 4 is 22.6 Å². The highest BCUT2D eigenvalue weighted by molar-refractivity contribution is 6.28. The van der Waals surface area contributed by atoms with Crippen LogP contribution in [0.15, 0.2) is 18.3 Å². The molecule has 0 radical (unpaired) electrons. The van der Waals surface area contributed by atoms with E-state index in [9.17, 15) is 0 Å². The fraction of sp³-hybridized carbons (Fsp3) is 0.417. The van der Waals surface area contributed by atoms with Crippen molar-refractivity contribution in [2.75, 3.05) is 13.2 Å². The molecule has 0 unspecified atom stereocenters. The van der Waals surface area contributed by atoms with Gasteiger partial charge in [0.15, 0.2) is 5.52 Å². The summed E-state index contributed by atoms with van der Waals surface area (Å²) in [5.74, 6) is 0.456. The van der Waals surface area contributed by atoms with Crippen molar-refractivity contribution in [3.8, 4) is 5.88 Å². The molecule has 1 fully saturated rings. The van der Waals surface area contributed by atoms with Gasteiger partial charge in [-0.2, -0.15) is 4.98 Å². The van der Waals surface area contributed by atoms with Gasteiger partial charge in [-0.3, -0.25) is 0 Å². The summed E-state index contributed by atoms with van der Waals surface area (Å²) in [6, 6.07) is 3.65. The number of fused-ring (bicyclic) bond motifs is 1. The number of ether oxygens (including phenoxy) is 2. The van der Waals surface area contributed by atoms with Gasteiger partial charge in [0.1, 0.15) is 6.10 Å². The second-order valence-electron chi connectivity index (χ2n) is 4.10. The molecule has 2 aromatic heterocycles. The first-order chi connectivity index (χ1) is 8.83. The van der Waals surface area contributed by atoms with E-state index >= 15 is 0 Å². The first kappa shape index (κ1) is 11.6. The molecular weight excluding hydrogens is 254 g/mol. The van der Waals surface area contributed by atoms with Crippen molar-refractivity contribution in [3.05, 3.63) is 23.6 Å². The topological polar surface area (TPSA) is 57.1 Å². The Morgan fingerprint density at radius 3 is 2.94 bits per heavy atom. The summed E-state index contributed by atoms with van der Waals surface area (Å²) in [5.41, 5.74) is 1.34. The lowest BCUT2D eigenvalue weighted by atomic mass is 10.1. The first-order valence-corrected chi connectivity index (χ1v) is 6.23. The van der Waals surface area contributed by atoms with Gasteiger partial charge in [0.25, 0.3) is 0 Å². The second-order valence-corrected chi connectivity index (χ2v) is 4.44. The Morgan fingerprint density at radius 1 is 1.28 bits per heavy atom. The average Bonchev–Trinajstić information content (AvgIpc) is 2.40. The number of nitrogens with zero attached hydrogens (tertiary/aromatic N) is 3. The van der Waals surface area contributed by atoms with Gasteiger partial charge in [0.2, 0.25) is 11.2 Å². The van der Waals surface area contributed by atoms with E-state index in [1.165, 1.54) is 0 Å². The van der Waals surface area contributed by atoms with Crippen molar-refractivity contribution < 1.29 is 9.47 Å². The number of aromatic nitrogens is 3. The molecule has 0 saturated carbocycles.